The molecule has 0 amide bonds. The number of halogens is 6. The maximum Gasteiger partial charge on any atom is 0.297 e. The van der Waals surface area contributed by atoms with Crippen LogP contribution in [0.4, 0.5) is 17.6 Å². The molecular formula is C111H136Cl2F4N8O4S. The van der Waals surface area contributed by atoms with Gasteiger partial charge in [-0.05, 0) is 152 Å². The monoisotopic (exact) mass is 1820 g/mol. The van der Waals surface area contributed by atoms with E-state index in [9.17, 15) is 31.1 Å². The van der Waals surface area contributed by atoms with E-state index in [2.05, 4.69) is 99.3 Å². The topological polar surface area (TPSA) is 107 Å². The molecule has 0 heterocycles. The molecule has 0 aliphatic carbocycles. The van der Waals surface area contributed by atoms with Gasteiger partial charge in [-0.15, -0.1) is 86.4 Å². The first-order chi connectivity index (χ1) is 62.7. The Hall–Kier alpha value is -10.7. The Bertz CT molecular complexity index is 4410. The fourth-order valence-corrected chi connectivity index (χ4v) is 14.4. The van der Waals surface area contributed by atoms with Crippen LogP contribution in [0.5, 0.6) is 0 Å². The average Bonchev–Trinajstić information content (AvgIpc) is 0.831. The quantitative estimate of drug-likeness (QED) is 0.0111. The number of benzene rings is 9. The standard InChI is InChI=1S/C20H23NO3S.2C13H16ClN.4C13H16FN.C13H17NO/c1-4-14-21(3)19(15-18-8-6-5-7-9-18)16-24-25(22,23)20-12-10-17(2)11-13-20;1-3-9-15(2)13(11-14)10-12-7-5-4-6-8-12;1-3-7-11(2)15-13(14)10-12-8-5-4-6-9-12;1-3-9-15(2)11-13(14)10-12-7-5-4-6-8-12;2*1-3-9-15(2)13(11-14)10-12-7-5-4-6-8-12;1-3-7-11(2)15-13(14)10-12-8-5-4-6-9-12;1-3-9-14(2)13(11-15)10-12-7-5-4-6-8-12/h1,5-13,19H,14-16H2,2-3H3;1,4-8,13H,9-11H2,2H3;1,4-6,8-9,11,13,15H,7,10H2,2H3;3*1,4-8,13H,9-11H2,2H3;1,4-6,8-9,11,13,15H,7,10H2,2H3;1,4-8,13,15H,9-11H2,2H3/t19-;13-;;;2*13-;;13-/m00..00.0/s1/i;;;2*14-1;;;. The van der Waals surface area contributed by atoms with E-state index in [1.165, 1.54) is 16.7 Å². The molecular weight excluding hydrogens is 1690 g/mol. The normalized spacial score (nSPS) is 12.9. The molecule has 0 saturated carbocycles. The lowest BCUT2D eigenvalue weighted by atomic mass is 10.1. The van der Waals surface area contributed by atoms with Gasteiger partial charge in [0.25, 0.3) is 10.1 Å². The molecule has 0 aliphatic rings. The summed E-state index contributed by atoms with van der Waals surface area (Å²) in [5.74, 6) is 21.1. The van der Waals surface area contributed by atoms with Crippen molar-refractivity contribution in [1.29, 1.82) is 0 Å². The molecule has 0 bridgehead atoms. The van der Waals surface area contributed by atoms with Gasteiger partial charge in [-0.25, -0.2) is 17.6 Å². The maximum atomic E-state index is 13.6. The first-order valence-corrected chi connectivity index (χ1v) is 45.7. The van der Waals surface area contributed by atoms with Gasteiger partial charge in [0.15, 0.2) is 6.30 Å². The molecule has 9 aromatic carbocycles. The van der Waals surface area contributed by atoms with Crippen LogP contribution in [0.25, 0.3) is 0 Å². The minimum Gasteiger partial charge on any atom is -0.395 e. The molecule has 5 unspecified atom stereocenters. The molecule has 0 aliphatic heterocycles. The third-order valence-corrected chi connectivity index (χ3v) is 22.3. The van der Waals surface area contributed by atoms with Crippen molar-refractivity contribution >= 4 is 33.3 Å². The van der Waals surface area contributed by atoms with Gasteiger partial charge in [-0.1, -0.05) is 296 Å². The summed E-state index contributed by atoms with van der Waals surface area (Å²) in [4.78, 5) is 11.7. The van der Waals surface area contributed by atoms with E-state index in [1.54, 1.807) is 24.3 Å². The molecule has 0 radical (unpaired) electrons. The number of aliphatic hydroxyl groups is 1. The van der Waals surface area contributed by atoms with Gasteiger partial charge in [-0.2, -0.15) is 8.42 Å². The van der Waals surface area contributed by atoms with Gasteiger partial charge in [0.2, 0.25) is 0 Å². The molecule has 0 saturated heterocycles. The van der Waals surface area contributed by atoms with Gasteiger partial charge in [0.1, 0.15) is 19.5 Å². The molecule has 9 rings (SSSR count). The smallest absolute Gasteiger partial charge is 0.297 e. The van der Waals surface area contributed by atoms with Gasteiger partial charge in [0, 0.05) is 86.8 Å². The highest BCUT2D eigenvalue weighted by Crippen LogP contribution is 2.19. The van der Waals surface area contributed by atoms with E-state index in [0.29, 0.717) is 103 Å². The fourth-order valence-electron chi connectivity index (χ4n) is 12.8. The molecule has 19 heteroatoms. The first kappa shape index (κ1) is 115. The molecule has 10 atom stereocenters. The average molecular weight is 1820 g/mol. The highest BCUT2D eigenvalue weighted by molar-refractivity contribution is 7.86. The van der Waals surface area contributed by atoms with Gasteiger partial charge in [-0.3, -0.25) is 44.2 Å². The van der Waals surface area contributed by atoms with Crippen LogP contribution < -0.4 is 10.6 Å². The Kier molecular flexibility index (Phi) is 64.0. The number of likely N-dealkylation sites (N-methyl/N-ethyl adjacent to an activating group) is 5. The molecule has 9 aromatic rings. The van der Waals surface area contributed by atoms with Crippen molar-refractivity contribution in [1.82, 2.24) is 40.0 Å². The Labute approximate surface area is 789 Å². The van der Waals surface area contributed by atoms with Crippen molar-refractivity contribution in [2.75, 3.05) is 121 Å². The zero-order valence-electron chi connectivity index (χ0n) is 77.4. The van der Waals surface area contributed by atoms with Crippen LogP contribution in [0.1, 0.15) is 76.8 Å². The number of alkyl halides is 6. The number of rotatable bonds is 43. The number of hydrogen-bond acceptors (Lipinski definition) is 12. The lowest BCUT2D eigenvalue weighted by Crippen LogP contribution is -2.38. The van der Waals surface area contributed by atoms with Crippen LogP contribution in [-0.2, 0) is 65.7 Å². The fraction of sp³-hybridized carbons (Fsp3) is 0.369. The summed E-state index contributed by atoms with van der Waals surface area (Å²) in [6.07, 6.45) is 46.7. The zero-order valence-corrected chi connectivity index (χ0v) is 79.7. The number of nitrogens with one attached hydrogen (secondary N) is 2. The van der Waals surface area contributed by atoms with Crippen molar-refractivity contribution in [2.24, 2.45) is 0 Å². The summed E-state index contributed by atoms with van der Waals surface area (Å²) >= 11 is 12.1. The minimum atomic E-state index is -3.79. The molecule has 0 fully saturated rings. The lowest BCUT2D eigenvalue weighted by Gasteiger charge is -2.26. The summed E-state index contributed by atoms with van der Waals surface area (Å²) in [6.45, 7) is 8.76. The zero-order chi connectivity index (χ0) is 96.0. The van der Waals surface area contributed by atoms with E-state index in [-0.39, 0.29) is 73.2 Å². The highest BCUT2D eigenvalue weighted by Gasteiger charge is 2.23. The van der Waals surface area contributed by atoms with Crippen molar-refractivity contribution in [3.8, 4) is 98.8 Å². The predicted octanol–water partition coefficient (Wildman–Crippen LogP) is 18.2. The molecule has 3 N–H and O–H groups in total. The summed E-state index contributed by atoms with van der Waals surface area (Å²) < 4.78 is 82.8. The molecule has 0 spiro atoms. The van der Waals surface area contributed by atoms with E-state index < -0.39 is 22.6 Å². The summed E-state index contributed by atoms with van der Waals surface area (Å²) in [5.41, 5.74) is 10.1. The van der Waals surface area contributed by atoms with Crippen LogP contribution in [0.15, 0.2) is 272 Å². The number of hydrogen-bond donors (Lipinski definition) is 3. The third kappa shape index (κ3) is 54.1. The van der Waals surface area contributed by atoms with Gasteiger partial charge < -0.3 is 5.11 Å². The number of aryl methyl sites for hydroxylation is 1. The second kappa shape index (κ2) is 72.1. The van der Waals surface area contributed by atoms with Gasteiger partial charge >= 0.3 is 0 Å². The molecule has 12 nitrogen and oxygen atoms in total. The lowest BCUT2D eigenvalue weighted by molar-refractivity contribution is 0.158. The molecule has 692 valence electrons. The minimum absolute atomic E-state index is 0.0220. The maximum absolute atomic E-state index is 13.6. The molecule has 130 heavy (non-hydrogen) atoms. The second-order valence-electron chi connectivity index (χ2n) is 31.5. The Morgan fingerprint density at radius 3 is 0.969 bits per heavy atom. The van der Waals surface area contributed by atoms with E-state index in [4.69, 9.17) is 78.8 Å². The number of terminal acetylenes is 8. The third-order valence-electron chi connectivity index (χ3n) is 20.3. The Balaban J connectivity index is 0.000000507. The summed E-state index contributed by atoms with van der Waals surface area (Å²) in [6, 6.07) is 86.5. The Morgan fingerprint density at radius 2 is 0.654 bits per heavy atom. The van der Waals surface area contributed by atoms with Crippen molar-refractivity contribution in [3.63, 3.8) is 0 Å². The van der Waals surface area contributed by atoms with Crippen molar-refractivity contribution < 1.29 is 35.3 Å². The summed E-state index contributed by atoms with van der Waals surface area (Å²) in [7, 11) is 7.56. The van der Waals surface area contributed by atoms with Crippen LogP contribution in [0, 0.1) is 106 Å². The van der Waals surface area contributed by atoms with Crippen molar-refractivity contribution in [2.45, 2.75) is 150 Å². The van der Waals surface area contributed by atoms with Gasteiger partial charge in [0.05, 0.1) is 62.9 Å². The largest absolute Gasteiger partial charge is 0.395 e. The van der Waals surface area contributed by atoms with E-state index in [1.807, 2.05) is 294 Å². The second-order valence-corrected chi connectivity index (χ2v) is 33.9. The van der Waals surface area contributed by atoms with Crippen LogP contribution in [0.2, 0.25) is 0 Å². The van der Waals surface area contributed by atoms with Crippen LogP contribution >= 0.6 is 23.2 Å². The van der Waals surface area contributed by atoms with E-state index >= 15 is 0 Å². The van der Waals surface area contributed by atoms with Crippen molar-refractivity contribution in [3.05, 3.63) is 317 Å². The Morgan fingerprint density at radius 1 is 0.377 bits per heavy atom. The van der Waals surface area contributed by atoms with E-state index in [0.717, 1.165) is 52.6 Å². The van der Waals surface area contributed by atoms with Crippen LogP contribution in [-0.4, -0.2) is 224 Å². The highest BCUT2D eigenvalue weighted by atomic mass is 35.5. The first-order valence-electron chi connectivity index (χ1n) is 43.4. The summed E-state index contributed by atoms with van der Waals surface area (Å²) in [5, 5.41) is 15.3. The predicted molar refractivity (Wildman–Crippen MR) is 539 cm³/mol. The van der Waals surface area contributed by atoms with Crippen LogP contribution in [0.3, 0.4) is 0 Å². The number of aliphatic hydroxyl groups excluding tert-OH is 1. The number of nitrogens with zero attached hydrogens (tertiary/aromatic N) is 6. The molecule has 0 aromatic heterocycles. The SMILES string of the molecule is C#CCC(C)NC(Cl)Cc1ccccc1.C#CCC(C)NC(F)Cc1ccccc1.C#CCN(C)CC([18F])Cc1ccccc1.C#CCN(C)[C@H](CCl)Cc1ccccc1.C#CCN(C)[C@H](CF)Cc1ccccc1.C#CCN(C)[C@H](CO)Cc1ccccc1.C#CCN(C)[C@H](COS(=O)(=O)c1ccc(C)cc1)Cc1ccccc1.C#CCN(C)[C@H](C[18F])Cc1ccccc1.